The molecule has 1 fully saturated rings. The molecule has 1 aliphatic rings. The van der Waals surface area contributed by atoms with Crippen molar-refractivity contribution in [1.82, 2.24) is 0 Å². The second-order valence-corrected chi connectivity index (χ2v) is 4.20. The molecular formula is C8H16O3. The van der Waals surface area contributed by atoms with E-state index in [9.17, 15) is 10.2 Å². The zero-order valence-corrected chi connectivity index (χ0v) is 7.46. The summed E-state index contributed by atoms with van der Waals surface area (Å²) in [5, 5.41) is 19.0. The molecule has 0 saturated carbocycles. The molecule has 66 valence electrons. The van der Waals surface area contributed by atoms with E-state index in [1.54, 1.807) is 27.7 Å². The van der Waals surface area contributed by atoms with E-state index >= 15 is 0 Å². The fourth-order valence-electron chi connectivity index (χ4n) is 1.56. The minimum absolute atomic E-state index is 0.636. The normalized spacial score (nSPS) is 40.9. The van der Waals surface area contributed by atoms with Crippen LogP contribution in [0, 0.1) is 0 Å². The highest BCUT2D eigenvalue weighted by atomic mass is 16.6. The first kappa shape index (κ1) is 8.97. The number of rotatable bonds is 0. The molecule has 1 saturated heterocycles. The van der Waals surface area contributed by atoms with Gasteiger partial charge < -0.3 is 14.9 Å². The molecule has 0 aromatic rings. The van der Waals surface area contributed by atoms with Gasteiger partial charge in [-0.05, 0) is 27.7 Å². The maximum atomic E-state index is 9.49. The van der Waals surface area contributed by atoms with Crippen LogP contribution < -0.4 is 0 Å². The fourth-order valence-corrected chi connectivity index (χ4v) is 1.56. The molecule has 0 aromatic heterocycles. The second-order valence-electron chi connectivity index (χ2n) is 4.20. The first-order valence-electron chi connectivity index (χ1n) is 3.84. The third kappa shape index (κ3) is 1.28. The van der Waals surface area contributed by atoms with E-state index in [0.717, 1.165) is 0 Å². The lowest BCUT2D eigenvalue weighted by molar-refractivity contribution is -0.0952. The molecule has 1 aliphatic heterocycles. The Balaban J connectivity index is 2.86. The average Bonchev–Trinajstić information content (AvgIpc) is 1.91. The van der Waals surface area contributed by atoms with Crippen molar-refractivity contribution in [3.63, 3.8) is 0 Å². The van der Waals surface area contributed by atoms with Gasteiger partial charge in [-0.3, -0.25) is 0 Å². The van der Waals surface area contributed by atoms with Gasteiger partial charge in [0.2, 0.25) is 0 Å². The molecule has 3 nitrogen and oxygen atoms in total. The summed E-state index contributed by atoms with van der Waals surface area (Å²) in [5.41, 5.74) is -1.27. The zero-order valence-electron chi connectivity index (χ0n) is 7.46. The maximum Gasteiger partial charge on any atom is 0.111 e. The highest BCUT2D eigenvalue weighted by Crippen LogP contribution is 2.37. The number of ether oxygens (including phenoxy) is 1. The molecule has 2 atom stereocenters. The summed E-state index contributed by atoms with van der Waals surface area (Å²) in [5.74, 6) is 0. The highest BCUT2D eigenvalue weighted by Gasteiger charge is 2.52. The largest absolute Gasteiger partial charge is 0.387 e. The predicted molar refractivity (Wildman–Crippen MR) is 41.3 cm³/mol. The van der Waals surface area contributed by atoms with Gasteiger partial charge in [0.1, 0.15) is 12.2 Å². The molecule has 2 N–H and O–H groups in total. The second kappa shape index (κ2) is 2.19. The topological polar surface area (TPSA) is 49.7 Å². The average molecular weight is 160 g/mol. The highest BCUT2D eigenvalue weighted by molar-refractivity contribution is 5.01. The van der Waals surface area contributed by atoms with E-state index in [2.05, 4.69) is 0 Å². The Bertz CT molecular complexity index is 145. The van der Waals surface area contributed by atoms with E-state index < -0.39 is 23.4 Å². The molecule has 0 aliphatic carbocycles. The molecule has 11 heavy (non-hydrogen) atoms. The van der Waals surface area contributed by atoms with Crippen LogP contribution in [0.3, 0.4) is 0 Å². The van der Waals surface area contributed by atoms with Gasteiger partial charge >= 0.3 is 0 Å². The van der Waals surface area contributed by atoms with E-state index in [1.165, 1.54) is 0 Å². The molecule has 0 bridgehead atoms. The zero-order chi connectivity index (χ0) is 8.86. The van der Waals surface area contributed by atoms with Crippen LogP contribution in [0.15, 0.2) is 0 Å². The van der Waals surface area contributed by atoms with Gasteiger partial charge in [-0.25, -0.2) is 0 Å². The Morgan fingerprint density at radius 3 is 1.27 bits per heavy atom. The standard InChI is InChI=1S/C8H16O3/c1-7(2)5(9)6(10)8(3,4)11-7/h5-6,9-10H,1-4H3. The van der Waals surface area contributed by atoms with Gasteiger partial charge in [0, 0.05) is 0 Å². The third-order valence-electron chi connectivity index (χ3n) is 2.25. The molecule has 0 aromatic carbocycles. The van der Waals surface area contributed by atoms with E-state index in [4.69, 9.17) is 4.74 Å². The lowest BCUT2D eigenvalue weighted by Gasteiger charge is -2.24. The SMILES string of the molecule is CC1(C)OC(C)(C)C(O)C1O. The summed E-state index contributed by atoms with van der Waals surface area (Å²) in [6, 6.07) is 0. The Labute approximate surface area is 67.0 Å². The van der Waals surface area contributed by atoms with Crippen molar-refractivity contribution >= 4 is 0 Å². The smallest absolute Gasteiger partial charge is 0.111 e. The van der Waals surface area contributed by atoms with Gasteiger partial charge in [-0.15, -0.1) is 0 Å². The minimum Gasteiger partial charge on any atom is -0.387 e. The third-order valence-corrected chi connectivity index (χ3v) is 2.25. The van der Waals surface area contributed by atoms with Crippen molar-refractivity contribution in [2.24, 2.45) is 0 Å². The first-order chi connectivity index (χ1) is 4.77. The summed E-state index contributed by atoms with van der Waals surface area (Å²) in [6.07, 6.45) is -1.59. The molecular weight excluding hydrogens is 144 g/mol. The van der Waals surface area contributed by atoms with Crippen molar-refractivity contribution < 1.29 is 14.9 Å². The Morgan fingerprint density at radius 1 is 0.909 bits per heavy atom. The van der Waals surface area contributed by atoms with Crippen molar-refractivity contribution in [2.75, 3.05) is 0 Å². The van der Waals surface area contributed by atoms with Crippen LogP contribution in [0.1, 0.15) is 27.7 Å². The van der Waals surface area contributed by atoms with Crippen LogP contribution >= 0.6 is 0 Å². The van der Waals surface area contributed by atoms with E-state index in [1.807, 2.05) is 0 Å². The fraction of sp³-hybridized carbons (Fsp3) is 1.00. The van der Waals surface area contributed by atoms with Crippen molar-refractivity contribution in [2.45, 2.75) is 51.1 Å². The predicted octanol–water partition coefficient (Wildman–Crippen LogP) is 0.296. The van der Waals surface area contributed by atoms with Crippen LogP contribution in [-0.4, -0.2) is 33.6 Å². The van der Waals surface area contributed by atoms with Gasteiger partial charge in [0.25, 0.3) is 0 Å². The van der Waals surface area contributed by atoms with Gasteiger partial charge in [0.05, 0.1) is 11.2 Å². The number of hydrogen-bond acceptors (Lipinski definition) is 3. The Kier molecular flexibility index (Phi) is 1.78. The quantitative estimate of drug-likeness (QED) is 0.535. The van der Waals surface area contributed by atoms with Crippen LogP contribution in [0.4, 0.5) is 0 Å². The van der Waals surface area contributed by atoms with E-state index in [-0.39, 0.29) is 0 Å². The summed E-state index contributed by atoms with van der Waals surface area (Å²) in [4.78, 5) is 0. The van der Waals surface area contributed by atoms with Gasteiger partial charge in [-0.1, -0.05) is 0 Å². The van der Waals surface area contributed by atoms with Crippen molar-refractivity contribution in [1.29, 1.82) is 0 Å². The van der Waals surface area contributed by atoms with Crippen LogP contribution in [0.25, 0.3) is 0 Å². The molecule has 0 radical (unpaired) electrons. The Morgan fingerprint density at radius 2 is 1.18 bits per heavy atom. The molecule has 3 heteroatoms. The summed E-state index contributed by atoms with van der Waals surface area (Å²) in [6.45, 7) is 7.09. The number of aliphatic hydroxyl groups is 2. The molecule has 0 spiro atoms. The van der Waals surface area contributed by atoms with Gasteiger partial charge in [0.15, 0.2) is 0 Å². The summed E-state index contributed by atoms with van der Waals surface area (Å²) >= 11 is 0. The van der Waals surface area contributed by atoms with Crippen LogP contribution in [0.5, 0.6) is 0 Å². The first-order valence-corrected chi connectivity index (χ1v) is 3.84. The number of hydrogen-bond donors (Lipinski definition) is 2. The maximum absolute atomic E-state index is 9.49. The van der Waals surface area contributed by atoms with Crippen molar-refractivity contribution in [3.8, 4) is 0 Å². The lowest BCUT2D eigenvalue weighted by atomic mass is 9.94. The van der Waals surface area contributed by atoms with Gasteiger partial charge in [-0.2, -0.15) is 0 Å². The summed E-state index contributed by atoms with van der Waals surface area (Å²) in [7, 11) is 0. The van der Waals surface area contributed by atoms with E-state index in [0.29, 0.717) is 0 Å². The molecule has 0 amide bonds. The van der Waals surface area contributed by atoms with Crippen LogP contribution in [-0.2, 0) is 4.74 Å². The molecule has 1 heterocycles. The Hall–Kier alpha value is -0.120. The lowest BCUT2D eigenvalue weighted by Crippen LogP contribution is -2.39. The molecule has 2 unspecified atom stereocenters. The van der Waals surface area contributed by atoms with Crippen LogP contribution in [0.2, 0.25) is 0 Å². The number of aliphatic hydroxyl groups excluding tert-OH is 2. The monoisotopic (exact) mass is 160 g/mol. The summed E-state index contributed by atoms with van der Waals surface area (Å²) < 4.78 is 5.46. The minimum atomic E-state index is -0.794. The van der Waals surface area contributed by atoms with Crippen molar-refractivity contribution in [3.05, 3.63) is 0 Å². The molecule has 1 rings (SSSR count).